The van der Waals surface area contributed by atoms with Crippen LogP contribution in [0.25, 0.3) is 0 Å². The standard InChI is InChI=1S/C10H11NS.C2H4/c1-2-12-8-10-5-3-4-9(6-10)7-11;1-2/h3-6H,2,8H2,1H3;1-2H2. The monoisotopic (exact) mass is 205 g/mol. The first kappa shape index (κ1) is 12.8. The lowest BCUT2D eigenvalue weighted by Gasteiger charge is -1.98. The summed E-state index contributed by atoms with van der Waals surface area (Å²) in [6.45, 7) is 8.14. The van der Waals surface area contributed by atoms with Crippen molar-refractivity contribution in [2.45, 2.75) is 12.7 Å². The Morgan fingerprint density at radius 2 is 2.14 bits per heavy atom. The van der Waals surface area contributed by atoms with E-state index in [-0.39, 0.29) is 0 Å². The van der Waals surface area contributed by atoms with Gasteiger partial charge in [0.2, 0.25) is 0 Å². The summed E-state index contributed by atoms with van der Waals surface area (Å²) >= 11 is 1.87. The molecule has 1 nitrogen and oxygen atoms in total. The first-order chi connectivity index (χ1) is 6.86. The Morgan fingerprint density at radius 1 is 1.43 bits per heavy atom. The van der Waals surface area contributed by atoms with Gasteiger partial charge in [-0.15, -0.1) is 13.2 Å². The predicted octanol–water partition coefficient (Wildman–Crippen LogP) is 3.61. The summed E-state index contributed by atoms with van der Waals surface area (Å²) in [5.74, 6) is 2.13. The molecule has 0 atom stereocenters. The van der Waals surface area contributed by atoms with E-state index in [1.807, 2.05) is 30.0 Å². The zero-order valence-corrected chi connectivity index (χ0v) is 9.31. The summed E-state index contributed by atoms with van der Waals surface area (Å²) < 4.78 is 0. The van der Waals surface area contributed by atoms with Crippen molar-refractivity contribution in [3.8, 4) is 6.07 Å². The van der Waals surface area contributed by atoms with Gasteiger partial charge in [0.25, 0.3) is 0 Å². The molecule has 0 aromatic heterocycles. The Labute approximate surface area is 90.5 Å². The van der Waals surface area contributed by atoms with Crippen molar-refractivity contribution in [1.82, 2.24) is 0 Å². The van der Waals surface area contributed by atoms with E-state index in [0.29, 0.717) is 0 Å². The highest BCUT2D eigenvalue weighted by molar-refractivity contribution is 7.98. The van der Waals surface area contributed by atoms with Crippen LogP contribution in [0, 0.1) is 11.3 Å². The van der Waals surface area contributed by atoms with Gasteiger partial charge in [0, 0.05) is 5.75 Å². The van der Waals surface area contributed by atoms with Crippen LogP contribution in [-0.4, -0.2) is 5.75 Å². The summed E-state index contributed by atoms with van der Waals surface area (Å²) in [5, 5.41) is 8.63. The van der Waals surface area contributed by atoms with Crippen LogP contribution in [0.4, 0.5) is 0 Å². The largest absolute Gasteiger partial charge is 0.192 e. The molecule has 0 N–H and O–H groups in total. The molecular formula is C12H15NS. The minimum atomic E-state index is 0.754. The van der Waals surface area contributed by atoms with Gasteiger partial charge in [-0.05, 0) is 23.4 Å². The second-order valence-electron chi connectivity index (χ2n) is 2.45. The van der Waals surface area contributed by atoms with Gasteiger partial charge >= 0.3 is 0 Å². The number of hydrogen-bond acceptors (Lipinski definition) is 2. The molecule has 0 bridgehead atoms. The van der Waals surface area contributed by atoms with Crippen molar-refractivity contribution in [2.24, 2.45) is 0 Å². The third-order valence-corrected chi connectivity index (χ3v) is 2.47. The molecule has 0 aliphatic heterocycles. The minimum Gasteiger partial charge on any atom is -0.192 e. The molecule has 74 valence electrons. The summed E-state index contributed by atoms with van der Waals surface area (Å²) in [6, 6.07) is 9.91. The van der Waals surface area contributed by atoms with E-state index in [2.05, 4.69) is 32.2 Å². The Morgan fingerprint density at radius 3 is 2.71 bits per heavy atom. The fourth-order valence-corrected chi connectivity index (χ4v) is 1.57. The van der Waals surface area contributed by atoms with Gasteiger partial charge in [-0.2, -0.15) is 17.0 Å². The van der Waals surface area contributed by atoms with E-state index in [1.54, 1.807) is 0 Å². The molecule has 0 saturated carbocycles. The summed E-state index contributed by atoms with van der Waals surface area (Å²) in [4.78, 5) is 0. The van der Waals surface area contributed by atoms with Crippen LogP contribution >= 0.6 is 11.8 Å². The maximum Gasteiger partial charge on any atom is 0.0991 e. The maximum atomic E-state index is 8.63. The number of nitriles is 1. The van der Waals surface area contributed by atoms with Crippen LogP contribution in [0.15, 0.2) is 37.4 Å². The SMILES string of the molecule is C=C.CCSCc1cccc(C#N)c1. The average Bonchev–Trinajstić information content (AvgIpc) is 2.29. The number of hydrogen-bond donors (Lipinski definition) is 0. The van der Waals surface area contributed by atoms with Crippen molar-refractivity contribution < 1.29 is 0 Å². The summed E-state index contributed by atoms with van der Waals surface area (Å²) in [7, 11) is 0. The molecule has 0 amide bonds. The molecule has 1 aromatic carbocycles. The molecule has 1 aromatic rings. The summed E-state index contributed by atoms with van der Waals surface area (Å²) in [5.41, 5.74) is 1.99. The van der Waals surface area contributed by atoms with Gasteiger partial charge in [-0.25, -0.2) is 0 Å². The zero-order valence-electron chi connectivity index (χ0n) is 8.49. The van der Waals surface area contributed by atoms with Crippen LogP contribution in [0.5, 0.6) is 0 Å². The third kappa shape index (κ3) is 4.74. The Kier molecular flexibility index (Phi) is 7.68. The third-order valence-electron chi connectivity index (χ3n) is 1.53. The minimum absolute atomic E-state index is 0.754. The molecule has 1 rings (SSSR count). The molecule has 14 heavy (non-hydrogen) atoms. The van der Waals surface area contributed by atoms with Crippen molar-refractivity contribution in [3.05, 3.63) is 48.6 Å². The highest BCUT2D eigenvalue weighted by Gasteiger charge is 1.93. The predicted molar refractivity (Wildman–Crippen MR) is 64.2 cm³/mol. The Balaban J connectivity index is 0.000000791. The van der Waals surface area contributed by atoms with E-state index in [9.17, 15) is 0 Å². The summed E-state index contributed by atoms with van der Waals surface area (Å²) in [6.07, 6.45) is 0. The first-order valence-corrected chi connectivity index (χ1v) is 5.59. The fourth-order valence-electron chi connectivity index (χ4n) is 0.951. The maximum absolute atomic E-state index is 8.63. The van der Waals surface area contributed by atoms with E-state index in [4.69, 9.17) is 5.26 Å². The topological polar surface area (TPSA) is 23.8 Å². The van der Waals surface area contributed by atoms with Crippen molar-refractivity contribution >= 4 is 11.8 Å². The lowest BCUT2D eigenvalue weighted by atomic mass is 10.2. The zero-order chi connectivity index (χ0) is 10.8. The number of rotatable bonds is 3. The molecule has 0 spiro atoms. The van der Waals surface area contributed by atoms with Gasteiger partial charge in [0.15, 0.2) is 0 Å². The average molecular weight is 205 g/mol. The molecule has 0 heterocycles. The molecule has 0 aliphatic carbocycles. The van der Waals surface area contributed by atoms with Gasteiger partial charge < -0.3 is 0 Å². The van der Waals surface area contributed by atoms with Crippen molar-refractivity contribution in [3.63, 3.8) is 0 Å². The normalized spacial score (nSPS) is 8.29. The lowest BCUT2D eigenvalue weighted by Crippen LogP contribution is -1.82. The fraction of sp³-hybridized carbons (Fsp3) is 0.250. The molecule has 0 fully saturated rings. The van der Waals surface area contributed by atoms with Crippen LogP contribution in [0.1, 0.15) is 18.1 Å². The molecule has 0 radical (unpaired) electrons. The molecular weight excluding hydrogens is 190 g/mol. The van der Waals surface area contributed by atoms with Crippen LogP contribution in [-0.2, 0) is 5.75 Å². The number of nitrogens with zero attached hydrogens (tertiary/aromatic N) is 1. The van der Waals surface area contributed by atoms with Gasteiger partial charge in [-0.1, -0.05) is 19.1 Å². The van der Waals surface area contributed by atoms with E-state index >= 15 is 0 Å². The van der Waals surface area contributed by atoms with Crippen LogP contribution in [0.2, 0.25) is 0 Å². The Hall–Kier alpha value is -1.20. The second-order valence-corrected chi connectivity index (χ2v) is 3.72. The van der Waals surface area contributed by atoms with Crippen LogP contribution < -0.4 is 0 Å². The number of thioether (sulfide) groups is 1. The molecule has 0 saturated heterocycles. The first-order valence-electron chi connectivity index (χ1n) is 4.43. The van der Waals surface area contributed by atoms with Gasteiger partial charge in [-0.3, -0.25) is 0 Å². The van der Waals surface area contributed by atoms with Crippen molar-refractivity contribution in [1.29, 1.82) is 5.26 Å². The van der Waals surface area contributed by atoms with Crippen LogP contribution in [0.3, 0.4) is 0 Å². The quantitative estimate of drug-likeness (QED) is 0.704. The highest BCUT2D eigenvalue weighted by Crippen LogP contribution is 2.12. The molecule has 0 unspecified atom stereocenters. The van der Waals surface area contributed by atoms with Gasteiger partial charge in [0.05, 0.1) is 11.6 Å². The van der Waals surface area contributed by atoms with E-state index in [1.165, 1.54) is 5.56 Å². The number of benzene rings is 1. The Bertz CT molecular complexity index is 301. The van der Waals surface area contributed by atoms with E-state index < -0.39 is 0 Å². The molecule has 0 aliphatic rings. The second kappa shape index (κ2) is 8.40. The lowest BCUT2D eigenvalue weighted by molar-refractivity contribution is 1.37. The van der Waals surface area contributed by atoms with E-state index in [0.717, 1.165) is 17.1 Å². The molecule has 2 heteroatoms. The van der Waals surface area contributed by atoms with Crippen molar-refractivity contribution in [2.75, 3.05) is 5.75 Å². The highest BCUT2D eigenvalue weighted by atomic mass is 32.2. The van der Waals surface area contributed by atoms with Gasteiger partial charge in [0.1, 0.15) is 0 Å². The smallest absolute Gasteiger partial charge is 0.0991 e.